The van der Waals surface area contributed by atoms with E-state index in [0.29, 0.717) is 5.56 Å². The van der Waals surface area contributed by atoms with Gasteiger partial charge in [0.1, 0.15) is 0 Å². The van der Waals surface area contributed by atoms with Gasteiger partial charge in [-0.3, -0.25) is 4.79 Å². The van der Waals surface area contributed by atoms with Gasteiger partial charge < -0.3 is 10.6 Å². The molecule has 0 aliphatic carbocycles. The normalized spacial score (nSPS) is 14.1. The predicted molar refractivity (Wildman–Crippen MR) is 61.6 cm³/mol. The Labute approximate surface area is 98.2 Å². The molecule has 1 heterocycles. The Bertz CT molecular complexity index is 421. The van der Waals surface area contributed by atoms with E-state index in [1.165, 1.54) is 0 Å². The molecule has 3 nitrogen and oxygen atoms in total. The van der Waals surface area contributed by atoms with Crippen molar-refractivity contribution in [2.75, 3.05) is 18.4 Å². The summed E-state index contributed by atoms with van der Waals surface area (Å²) in [5, 5.41) is 5.42. The minimum Gasteiger partial charge on any atom is -0.385 e. The van der Waals surface area contributed by atoms with Gasteiger partial charge in [0, 0.05) is 17.8 Å². The molecule has 1 aliphatic heterocycles. The lowest BCUT2D eigenvalue weighted by atomic mass is 10.0. The maximum atomic E-state index is 12.0. The molecule has 0 unspecified atom stereocenters. The number of aryl methyl sites for hydroxylation is 1. The van der Waals surface area contributed by atoms with Crippen LogP contribution in [-0.2, 0) is 6.42 Å². The maximum Gasteiger partial charge on any atom is 0.255 e. The molecule has 0 fully saturated rings. The number of halogens is 2. The van der Waals surface area contributed by atoms with Gasteiger partial charge in [-0.2, -0.15) is 0 Å². The molecular formula is C12H14F2N2O. The summed E-state index contributed by atoms with van der Waals surface area (Å²) in [6, 6.07) is 5.24. The summed E-state index contributed by atoms with van der Waals surface area (Å²) in [5.41, 5.74) is 2.54. The average molecular weight is 240 g/mol. The molecular weight excluding hydrogens is 226 g/mol. The number of amides is 1. The first-order valence-electron chi connectivity index (χ1n) is 5.60. The van der Waals surface area contributed by atoms with Crippen LogP contribution in [0.25, 0.3) is 0 Å². The number of nitrogens with one attached hydrogen (secondary N) is 2. The van der Waals surface area contributed by atoms with Crippen LogP contribution in [-0.4, -0.2) is 25.4 Å². The van der Waals surface area contributed by atoms with Gasteiger partial charge in [0.05, 0.1) is 6.54 Å². The number of benzene rings is 1. The topological polar surface area (TPSA) is 41.1 Å². The molecule has 1 aliphatic rings. The first kappa shape index (κ1) is 11.8. The molecule has 1 aromatic carbocycles. The molecule has 1 aromatic rings. The van der Waals surface area contributed by atoms with Crippen LogP contribution in [0.3, 0.4) is 0 Å². The molecule has 17 heavy (non-hydrogen) atoms. The summed E-state index contributed by atoms with van der Waals surface area (Å²) >= 11 is 0. The first-order chi connectivity index (χ1) is 8.16. The number of alkyl halides is 2. The molecule has 0 atom stereocenters. The van der Waals surface area contributed by atoms with Crippen LogP contribution in [0, 0.1) is 0 Å². The van der Waals surface area contributed by atoms with E-state index in [0.717, 1.165) is 30.6 Å². The minimum absolute atomic E-state index is 0.438. The highest BCUT2D eigenvalue weighted by Crippen LogP contribution is 2.22. The van der Waals surface area contributed by atoms with Crippen LogP contribution in [0.4, 0.5) is 14.5 Å². The smallest absolute Gasteiger partial charge is 0.255 e. The quantitative estimate of drug-likeness (QED) is 0.848. The van der Waals surface area contributed by atoms with Crippen LogP contribution in [0.5, 0.6) is 0 Å². The molecule has 0 radical (unpaired) electrons. The van der Waals surface area contributed by atoms with Gasteiger partial charge in [-0.1, -0.05) is 0 Å². The van der Waals surface area contributed by atoms with Gasteiger partial charge in [0.2, 0.25) is 0 Å². The Kier molecular flexibility index (Phi) is 3.56. The highest BCUT2D eigenvalue weighted by molar-refractivity contribution is 5.95. The zero-order valence-corrected chi connectivity index (χ0v) is 9.30. The van der Waals surface area contributed by atoms with Gasteiger partial charge in [0.25, 0.3) is 12.3 Å². The second-order valence-corrected chi connectivity index (χ2v) is 4.00. The van der Waals surface area contributed by atoms with Crippen LogP contribution < -0.4 is 10.6 Å². The van der Waals surface area contributed by atoms with E-state index in [4.69, 9.17) is 0 Å². The number of fused-ring (bicyclic) bond motifs is 1. The molecule has 5 heteroatoms. The third-order valence-electron chi connectivity index (χ3n) is 2.72. The Morgan fingerprint density at radius 2 is 2.29 bits per heavy atom. The van der Waals surface area contributed by atoms with Crippen LogP contribution in [0.15, 0.2) is 18.2 Å². The molecule has 0 saturated heterocycles. The Morgan fingerprint density at radius 3 is 3.06 bits per heavy atom. The summed E-state index contributed by atoms with van der Waals surface area (Å²) in [6.07, 6.45) is -0.578. The highest BCUT2D eigenvalue weighted by Gasteiger charge is 2.13. The van der Waals surface area contributed by atoms with E-state index in [1.807, 2.05) is 6.07 Å². The summed E-state index contributed by atoms with van der Waals surface area (Å²) in [7, 11) is 0. The molecule has 0 saturated carbocycles. The summed E-state index contributed by atoms with van der Waals surface area (Å²) < 4.78 is 23.9. The van der Waals surface area contributed by atoms with Crippen LogP contribution in [0.1, 0.15) is 22.3 Å². The van der Waals surface area contributed by atoms with Crippen molar-refractivity contribution < 1.29 is 13.6 Å². The third kappa shape index (κ3) is 2.93. The van der Waals surface area contributed by atoms with Crippen molar-refractivity contribution in [2.45, 2.75) is 19.3 Å². The van der Waals surface area contributed by atoms with Crippen molar-refractivity contribution in [3.05, 3.63) is 29.3 Å². The average Bonchev–Trinajstić information content (AvgIpc) is 2.35. The zero-order valence-electron chi connectivity index (χ0n) is 9.30. The molecule has 0 bridgehead atoms. The molecule has 92 valence electrons. The lowest BCUT2D eigenvalue weighted by Crippen LogP contribution is -2.28. The van der Waals surface area contributed by atoms with Crippen molar-refractivity contribution in [3.8, 4) is 0 Å². The molecule has 2 rings (SSSR count). The van der Waals surface area contributed by atoms with Gasteiger partial charge >= 0.3 is 0 Å². The zero-order chi connectivity index (χ0) is 12.3. The largest absolute Gasteiger partial charge is 0.385 e. The van der Waals surface area contributed by atoms with Crippen molar-refractivity contribution in [3.63, 3.8) is 0 Å². The van der Waals surface area contributed by atoms with Gasteiger partial charge in [-0.15, -0.1) is 0 Å². The second-order valence-electron chi connectivity index (χ2n) is 4.00. The second kappa shape index (κ2) is 5.12. The van der Waals surface area contributed by atoms with Crippen molar-refractivity contribution in [2.24, 2.45) is 0 Å². The molecule has 0 aromatic heterocycles. The van der Waals surface area contributed by atoms with E-state index in [9.17, 15) is 13.6 Å². The number of carbonyl (C=O) groups excluding carboxylic acids is 1. The summed E-state index contributed by atoms with van der Waals surface area (Å²) in [6.45, 7) is 0.331. The number of rotatable bonds is 3. The summed E-state index contributed by atoms with van der Waals surface area (Å²) in [4.78, 5) is 11.6. The van der Waals surface area contributed by atoms with Gasteiger partial charge in [-0.25, -0.2) is 8.78 Å². The maximum absolute atomic E-state index is 12.0. The fourth-order valence-corrected chi connectivity index (χ4v) is 1.89. The van der Waals surface area contributed by atoms with Crippen LogP contribution in [0.2, 0.25) is 0 Å². The fourth-order valence-electron chi connectivity index (χ4n) is 1.89. The van der Waals surface area contributed by atoms with E-state index < -0.39 is 18.9 Å². The fraction of sp³-hybridized carbons (Fsp3) is 0.417. The third-order valence-corrected chi connectivity index (χ3v) is 2.72. The van der Waals surface area contributed by atoms with E-state index in [2.05, 4.69) is 10.6 Å². The molecule has 0 spiro atoms. The Balaban J connectivity index is 2.08. The van der Waals surface area contributed by atoms with Crippen molar-refractivity contribution in [1.82, 2.24) is 5.32 Å². The van der Waals surface area contributed by atoms with E-state index in [1.54, 1.807) is 12.1 Å². The van der Waals surface area contributed by atoms with Gasteiger partial charge in [-0.05, 0) is 36.6 Å². The molecule has 2 N–H and O–H groups in total. The SMILES string of the molecule is O=C(NCC(F)F)c1ccc2c(c1)CCCN2. The Morgan fingerprint density at radius 1 is 1.47 bits per heavy atom. The standard InChI is InChI=1S/C12H14F2N2O/c13-11(14)7-16-12(17)9-3-4-10-8(6-9)2-1-5-15-10/h3-4,6,11,15H,1-2,5,7H2,(H,16,17). The Hall–Kier alpha value is -1.65. The predicted octanol–water partition coefficient (Wildman–Crippen LogP) is 2.04. The monoisotopic (exact) mass is 240 g/mol. The summed E-state index contributed by atoms with van der Waals surface area (Å²) in [5.74, 6) is -0.446. The van der Waals surface area contributed by atoms with Crippen molar-refractivity contribution in [1.29, 1.82) is 0 Å². The number of hydrogen-bond donors (Lipinski definition) is 2. The number of carbonyl (C=O) groups is 1. The number of anilines is 1. The van der Waals surface area contributed by atoms with E-state index >= 15 is 0 Å². The first-order valence-corrected chi connectivity index (χ1v) is 5.60. The van der Waals surface area contributed by atoms with Crippen LogP contribution >= 0.6 is 0 Å². The lowest BCUT2D eigenvalue weighted by molar-refractivity contribution is 0.0891. The van der Waals surface area contributed by atoms with Crippen molar-refractivity contribution >= 4 is 11.6 Å². The molecule has 1 amide bonds. The van der Waals surface area contributed by atoms with E-state index in [-0.39, 0.29) is 0 Å². The minimum atomic E-state index is -2.52. The lowest BCUT2D eigenvalue weighted by Gasteiger charge is -2.18. The highest BCUT2D eigenvalue weighted by atomic mass is 19.3. The van der Waals surface area contributed by atoms with Gasteiger partial charge in [0.15, 0.2) is 0 Å². The number of hydrogen-bond acceptors (Lipinski definition) is 2.